The molecule has 2 atom stereocenters. The predicted octanol–water partition coefficient (Wildman–Crippen LogP) is 4.03. The summed E-state index contributed by atoms with van der Waals surface area (Å²) in [5.41, 5.74) is 1.85. The fourth-order valence-corrected chi connectivity index (χ4v) is 4.54. The molecule has 3 heteroatoms. The van der Waals surface area contributed by atoms with Gasteiger partial charge in [0.1, 0.15) is 11.5 Å². The molecule has 2 bridgehead atoms. The molecule has 1 aliphatic carbocycles. The zero-order valence-electron chi connectivity index (χ0n) is 13.8. The maximum absolute atomic E-state index is 5.48. The molecule has 0 N–H and O–H groups in total. The van der Waals surface area contributed by atoms with Gasteiger partial charge in [0.2, 0.25) is 0 Å². The van der Waals surface area contributed by atoms with Gasteiger partial charge in [-0.2, -0.15) is 0 Å². The molecule has 1 saturated carbocycles. The van der Waals surface area contributed by atoms with Crippen LogP contribution in [-0.4, -0.2) is 31.1 Å². The topological polar surface area (TPSA) is 25.6 Å². The molecule has 0 spiro atoms. The molecule has 0 radical (unpaired) electrons. The number of ether oxygens (including phenoxy) is 1. The van der Waals surface area contributed by atoms with Crippen LogP contribution in [0.1, 0.15) is 37.0 Å². The van der Waals surface area contributed by atoms with Gasteiger partial charge in [-0.1, -0.05) is 12.1 Å². The Hall–Kier alpha value is -1.74. The van der Waals surface area contributed by atoms with Crippen LogP contribution in [0.2, 0.25) is 0 Å². The number of rotatable bonds is 5. The van der Waals surface area contributed by atoms with Gasteiger partial charge in [0.25, 0.3) is 0 Å². The van der Waals surface area contributed by atoms with E-state index in [4.69, 9.17) is 9.15 Å². The second kappa shape index (κ2) is 6.04. The molecule has 122 valence electrons. The van der Waals surface area contributed by atoms with E-state index in [-0.39, 0.29) is 0 Å². The fourth-order valence-electron chi connectivity index (χ4n) is 4.54. The lowest BCUT2D eigenvalue weighted by Gasteiger charge is -2.40. The van der Waals surface area contributed by atoms with Crippen molar-refractivity contribution in [1.82, 2.24) is 4.90 Å². The zero-order chi connectivity index (χ0) is 15.7. The lowest BCUT2D eigenvalue weighted by Crippen LogP contribution is -2.43. The summed E-state index contributed by atoms with van der Waals surface area (Å²) in [7, 11) is 1.76. The molecule has 2 fully saturated rings. The van der Waals surface area contributed by atoms with Gasteiger partial charge in [-0.05, 0) is 67.5 Å². The van der Waals surface area contributed by atoms with E-state index in [0.717, 1.165) is 30.5 Å². The van der Waals surface area contributed by atoms with Crippen LogP contribution in [0.3, 0.4) is 0 Å². The Morgan fingerprint density at radius 3 is 3.04 bits per heavy atom. The third kappa shape index (κ3) is 2.78. The number of furan rings is 1. The van der Waals surface area contributed by atoms with Gasteiger partial charge in [-0.25, -0.2) is 0 Å². The summed E-state index contributed by atoms with van der Waals surface area (Å²) >= 11 is 0. The van der Waals surface area contributed by atoms with Crippen molar-refractivity contribution in [3.8, 4) is 5.75 Å². The molecule has 3 nitrogen and oxygen atoms in total. The molecular formula is C20H25NO2. The smallest absolute Gasteiger partial charge is 0.119 e. The van der Waals surface area contributed by atoms with Gasteiger partial charge in [-0.3, -0.25) is 4.90 Å². The lowest BCUT2D eigenvalue weighted by atomic mass is 9.74. The summed E-state index contributed by atoms with van der Waals surface area (Å²) in [6, 6.07) is 13.5. The van der Waals surface area contributed by atoms with Gasteiger partial charge in [-0.15, -0.1) is 0 Å². The van der Waals surface area contributed by atoms with E-state index in [9.17, 15) is 0 Å². The van der Waals surface area contributed by atoms with E-state index in [1.54, 1.807) is 13.4 Å². The zero-order valence-corrected chi connectivity index (χ0v) is 13.8. The van der Waals surface area contributed by atoms with Crippen molar-refractivity contribution in [2.24, 2.45) is 0 Å². The van der Waals surface area contributed by atoms with Crippen LogP contribution in [0.4, 0.5) is 0 Å². The summed E-state index contributed by atoms with van der Waals surface area (Å²) in [6.07, 6.45) is 7.97. The number of nitrogens with zero attached hydrogens (tertiary/aromatic N) is 1. The number of likely N-dealkylation sites (tertiary alicyclic amines) is 1. The number of methoxy groups -OCH3 is 1. The quantitative estimate of drug-likeness (QED) is 0.834. The Bertz CT molecular complexity index is 651. The highest BCUT2D eigenvalue weighted by Gasteiger charge is 2.46. The van der Waals surface area contributed by atoms with Crippen LogP contribution in [0.15, 0.2) is 47.1 Å². The Morgan fingerprint density at radius 2 is 2.22 bits per heavy atom. The Morgan fingerprint density at radius 1 is 1.26 bits per heavy atom. The minimum atomic E-state index is 0.375. The Kier molecular flexibility index (Phi) is 3.90. The molecule has 1 aromatic carbocycles. The second-order valence-electron chi connectivity index (χ2n) is 7.02. The van der Waals surface area contributed by atoms with Crippen molar-refractivity contribution in [1.29, 1.82) is 0 Å². The molecule has 2 aromatic rings. The van der Waals surface area contributed by atoms with Crippen molar-refractivity contribution in [3.05, 3.63) is 54.0 Å². The first-order chi connectivity index (χ1) is 11.3. The van der Waals surface area contributed by atoms with Crippen LogP contribution in [0, 0.1) is 0 Å². The number of hydrogen-bond donors (Lipinski definition) is 0. The maximum atomic E-state index is 5.48. The molecule has 1 saturated heterocycles. The fraction of sp³-hybridized carbons (Fsp3) is 0.500. The normalized spacial score (nSPS) is 27.3. The first-order valence-corrected chi connectivity index (χ1v) is 8.70. The van der Waals surface area contributed by atoms with E-state index in [2.05, 4.69) is 29.2 Å². The van der Waals surface area contributed by atoms with Gasteiger partial charge in [0, 0.05) is 19.0 Å². The van der Waals surface area contributed by atoms with E-state index < -0.39 is 0 Å². The van der Waals surface area contributed by atoms with Crippen molar-refractivity contribution < 1.29 is 9.15 Å². The first-order valence-electron chi connectivity index (χ1n) is 8.70. The molecule has 2 aliphatic rings. The summed E-state index contributed by atoms with van der Waals surface area (Å²) < 4.78 is 10.9. The van der Waals surface area contributed by atoms with Crippen molar-refractivity contribution in [3.63, 3.8) is 0 Å². The van der Waals surface area contributed by atoms with Crippen molar-refractivity contribution in [2.45, 2.75) is 43.6 Å². The molecule has 0 amide bonds. The summed E-state index contributed by atoms with van der Waals surface area (Å²) in [4.78, 5) is 2.67. The average Bonchev–Trinajstić information content (AvgIpc) is 3.24. The third-order valence-electron chi connectivity index (χ3n) is 5.88. The highest BCUT2D eigenvalue weighted by molar-refractivity contribution is 5.36. The van der Waals surface area contributed by atoms with Crippen molar-refractivity contribution in [2.75, 3.05) is 20.2 Å². The number of hydrogen-bond acceptors (Lipinski definition) is 3. The van der Waals surface area contributed by atoms with E-state index >= 15 is 0 Å². The van der Waals surface area contributed by atoms with E-state index in [0.29, 0.717) is 5.41 Å². The van der Waals surface area contributed by atoms with Crippen LogP contribution in [0.25, 0.3) is 0 Å². The molecule has 2 unspecified atom stereocenters. The van der Waals surface area contributed by atoms with Crippen LogP contribution < -0.4 is 4.74 Å². The minimum Gasteiger partial charge on any atom is -0.497 e. The average molecular weight is 311 g/mol. The molecular weight excluding hydrogens is 286 g/mol. The summed E-state index contributed by atoms with van der Waals surface area (Å²) in [5, 5.41) is 0. The minimum absolute atomic E-state index is 0.375. The van der Waals surface area contributed by atoms with E-state index in [1.165, 1.54) is 37.8 Å². The second-order valence-corrected chi connectivity index (χ2v) is 7.02. The number of fused-ring (bicyclic) bond motifs is 2. The summed E-state index contributed by atoms with van der Waals surface area (Å²) in [5.74, 6) is 2.09. The molecule has 1 aromatic heterocycles. The van der Waals surface area contributed by atoms with Crippen LogP contribution in [0.5, 0.6) is 5.75 Å². The van der Waals surface area contributed by atoms with Gasteiger partial charge < -0.3 is 9.15 Å². The third-order valence-corrected chi connectivity index (χ3v) is 5.88. The molecule has 2 heterocycles. The van der Waals surface area contributed by atoms with Gasteiger partial charge in [0.05, 0.1) is 13.4 Å². The monoisotopic (exact) mass is 311 g/mol. The molecule has 23 heavy (non-hydrogen) atoms. The number of benzene rings is 1. The standard InChI is InChI=1S/C20H25NO2/c1-22-19-5-2-4-16(14-19)20-9-7-17(15-20)21(12-10-20)11-8-18-6-3-13-23-18/h2-6,13-14,17H,7-12,15H2,1H3. The van der Waals surface area contributed by atoms with Crippen LogP contribution >= 0.6 is 0 Å². The Balaban J connectivity index is 1.45. The predicted molar refractivity (Wildman–Crippen MR) is 90.9 cm³/mol. The SMILES string of the molecule is COc1cccc(C23CCC(C2)N(CCc2ccco2)CC3)c1. The van der Waals surface area contributed by atoms with Crippen molar-refractivity contribution >= 4 is 0 Å². The molecule has 1 aliphatic heterocycles. The highest BCUT2D eigenvalue weighted by Crippen LogP contribution is 2.49. The molecule has 4 rings (SSSR count). The van der Waals surface area contributed by atoms with Crippen LogP contribution in [-0.2, 0) is 11.8 Å². The largest absolute Gasteiger partial charge is 0.497 e. The first kappa shape index (κ1) is 14.8. The highest BCUT2D eigenvalue weighted by atomic mass is 16.5. The Labute approximate surface area is 138 Å². The van der Waals surface area contributed by atoms with Gasteiger partial charge >= 0.3 is 0 Å². The number of piperidine rings is 1. The maximum Gasteiger partial charge on any atom is 0.119 e. The lowest BCUT2D eigenvalue weighted by molar-refractivity contribution is 0.140. The van der Waals surface area contributed by atoms with Gasteiger partial charge in [0.15, 0.2) is 0 Å². The van der Waals surface area contributed by atoms with E-state index in [1.807, 2.05) is 12.1 Å². The summed E-state index contributed by atoms with van der Waals surface area (Å²) in [6.45, 7) is 2.31.